The van der Waals surface area contributed by atoms with Gasteiger partial charge in [-0.2, -0.15) is 4.52 Å². The van der Waals surface area contributed by atoms with E-state index in [1.807, 2.05) is 55.1 Å². The first-order valence-electron chi connectivity index (χ1n) is 8.82. The van der Waals surface area contributed by atoms with Gasteiger partial charge in [-0.3, -0.25) is 4.79 Å². The SMILES string of the molecule is CCN(Cc1ccc(Br)s1)C(=O)CSc1nc2ccccc2c2nc(C)nn12. The average Bonchev–Trinajstić information content (AvgIpc) is 3.29. The smallest absolute Gasteiger partial charge is 0.233 e. The number of para-hydroxylation sites is 1. The highest BCUT2D eigenvalue weighted by Gasteiger charge is 2.17. The van der Waals surface area contributed by atoms with Crippen LogP contribution in [0, 0.1) is 6.92 Å². The summed E-state index contributed by atoms with van der Waals surface area (Å²) in [4.78, 5) is 25.1. The molecule has 3 aromatic heterocycles. The molecule has 0 unspecified atom stereocenters. The summed E-state index contributed by atoms with van der Waals surface area (Å²) in [6, 6.07) is 11.9. The van der Waals surface area contributed by atoms with E-state index in [-0.39, 0.29) is 5.91 Å². The van der Waals surface area contributed by atoms with Gasteiger partial charge in [0.1, 0.15) is 5.82 Å². The van der Waals surface area contributed by atoms with Crippen LogP contribution in [0.2, 0.25) is 0 Å². The maximum Gasteiger partial charge on any atom is 0.233 e. The minimum Gasteiger partial charge on any atom is -0.337 e. The minimum absolute atomic E-state index is 0.0805. The summed E-state index contributed by atoms with van der Waals surface area (Å²) >= 11 is 6.52. The van der Waals surface area contributed by atoms with E-state index in [9.17, 15) is 4.79 Å². The van der Waals surface area contributed by atoms with E-state index in [1.54, 1.807) is 15.9 Å². The number of hydrogen-bond donors (Lipinski definition) is 0. The van der Waals surface area contributed by atoms with Crippen LogP contribution in [0.5, 0.6) is 0 Å². The number of amides is 1. The fraction of sp³-hybridized carbons (Fsp3) is 0.263. The van der Waals surface area contributed by atoms with Gasteiger partial charge in [0.2, 0.25) is 5.91 Å². The predicted octanol–water partition coefficient (Wildman–Crippen LogP) is 4.55. The molecule has 0 fully saturated rings. The van der Waals surface area contributed by atoms with Crippen LogP contribution in [0.4, 0.5) is 0 Å². The lowest BCUT2D eigenvalue weighted by atomic mass is 10.2. The van der Waals surface area contributed by atoms with Gasteiger partial charge in [0.05, 0.1) is 21.6 Å². The van der Waals surface area contributed by atoms with Crippen molar-refractivity contribution in [1.82, 2.24) is 24.5 Å². The van der Waals surface area contributed by atoms with Gasteiger partial charge in [-0.15, -0.1) is 16.4 Å². The Morgan fingerprint density at radius 3 is 2.82 bits per heavy atom. The molecule has 3 heterocycles. The Bertz CT molecular complexity index is 1160. The van der Waals surface area contributed by atoms with Crippen molar-refractivity contribution in [2.24, 2.45) is 0 Å². The van der Waals surface area contributed by atoms with Gasteiger partial charge < -0.3 is 4.90 Å². The summed E-state index contributed by atoms with van der Waals surface area (Å²) in [5.74, 6) is 1.07. The van der Waals surface area contributed by atoms with E-state index < -0.39 is 0 Å². The number of aryl methyl sites for hydroxylation is 1. The summed E-state index contributed by atoms with van der Waals surface area (Å²) in [5.41, 5.74) is 1.63. The summed E-state index contributed by atoms with van der Waals surface area (Å²) < 4.78 is 2.81. The van der Waals surface area contributed by atoms with Crippen LogP contribution in [0.3, 0.4) is 0 Å². The molecule has 0 aliphatic carbocycles. The van der Waals surface area contributed by atoms with Crippen molar-refractivity contribution in [3.05, 3.63) is 50.9 Å². The molecule has 0 aliphatic rings. The predicted molar refractivity (Wildman–Crippen MR) is 117 cm³/mol. The maximum atomic E-state index is 12.8. The molecular formula is C19H18BrN5OS2. The second-order valence-electron chi connectivity index (χ2n) is 6.21. The first-order valence-corrected chi connectivity index (χ1v) is 11.4. The van der Waals surface area contributed by atoms with Crippen LogP contribution in [0.1, 0.15) is 17.6 Å². The molecule has 1 aromatic carbocycles. The van der Waals surface area contributed by atoms with Crippen LogP contribution in [0.15, 0.2) is 45.3 Å². The van der Waals surface area contributed by atoms with Crippen LogP contribution < -0.4 is 0 Å². The van der Waals surface area contributed by atoms with Crippen LogP contribution in [-0.4, -0.2) is 42.7 Å². The van der Waals surface area contributed by atoms with E-state index >= 15 is 0 Å². The van der Waals surface area contributed by atoms with Gasteiger partial charge >= 0.3 is 0 Å². The van der Waals surface area contributed by atoms with Crippen molar-refractivity contribution in [3.63, 3.8) is 0 Å². The Balaban J connectivity index is 1.56. The normalized spacial score (nSPS) is 11.4. The first kappa shape index (κ1) is 19.4. The zero-order chi connectivity index (χ0) is 19.7. The molecule has 0 atom stereocenters. The van der Waals surface area contributed by atoms with Crippen molar-refractivity contribution in [2.75, 3.05) is 12.3 Å². The van der Waals surface area contributed by atoms with E-state index in [0.29, 0.717) is 29.8 Å². The van der Waals surface area contributed by atoms with Gasteiger partial charge in [-0.1, -0.05) is 23.9 Å². The highest BCUT2D eigenvalue weighted by atomic mass is 79.9. The number of carbonyl (C=O) groups is 1. The summed E-state index contributed by atoms with van der Waals surface area (Å²) in [7, 11) is 0. The number of benzene rings is 1. The van der Waals surface area contributed by atoms with Gasteiger partial charge in [-0.25, -0.2) is 9.97 Å². The zero-order valence-corrected chi connectivity index (χ0v) is 18.6. The highest BCUT2D eigenvalue weighted by molar-refractivity contribution is 9.11. The summed E-state index contributed by atoms with van der Waals surface area (Å²) in [6.07, 6.45) is 0. The van der Waals surface area contributed by atoms with Gasteiger partial charge in [-0.05, 0) is 54.0 Å². The van der Waals surface area contributed by atoms with E-state index in [1.165, 1.54) is 11.8 Å². The summed E-state index contributed by atoms with van der Waals surface area (Å²) in [5, 5.41) is 6.10. The molecule has 28 heavy (non-hydrogen) atoms. The molecule has 0 aliphatic heterocycles. The second-order valence-corrected chi connectivity index (χ2v) is 9.70. The minimum atomic E-state index is 0.0805. The van der Waals surface area contributed by atoms with Gasteiger partial charge in [0.15, 0.2) is 10.8 Å². The lowest BCUT2D eigenvalue weighted by molar-refractivity contribution is -0.128. The molecule has 4 aromatic rings. The lowest BCUT2D eigenvalue weighted by Crippen LogP contribution is -2.31. The number of thiophene rings is 1. The Morgan fingerprint density at radius 1 is 1.25 bits per heavy atom. The number of nitrogens with zero attached hydrogens (tertiary/aromatic N) is 5. The van der Waals surface area contributed by atoms with E-state index in [4.69, 9.17) is 4.98 Å². The molecule has 0 radical (unpaired) electrons. The standard InChI is InChI=1S/C19H18BrN5OS2/c1-3-24(10-13-8-9-16(20)28-13)17(26)11-27-19-22-15-7-5-4-6-14(15)18-21-12(2)23-25(18)19/h4-9H,3,10-11H2,1-2H3. The summed E-state index contributed by atoms with van der Waals surface area (Å²) in [6.45, 7) is 5.14. The zero-order valence-electron chi connectivity index (χ0n) is 15.4. The lowest BCUT2D eigenvalue weighted by Gasteiger charge is -2.19. The number of rotatable bonds is 6. The number of aromatic nitrogens is 4. The molecular weight excluding hydrogens is 458 g/mol. The third-order valence-corrected chi connectivity index (χ3v) is 6.81. The van der Waals surface area contributed by atoms with E-state index in [0.717, 1.165) is 25.2 Å². The quantitative estimate of drug-likeness (QED) is 0.302. The fourth-order valence-corrected chi connectivity index (χ4v) is 5.29. The Kier molecular flexibility index (Phi) is 5.65. The van der Waals surface area contributed by atoms with Gasteiger partial charge in [0, 0.05) is 16.8 Å². The van der Waals surface area contributed by atoms with Crippen molar-refractivity contribution in [3.8, 4) is 0 Å². The van der Waals surface area contributed by atoms with Crippen molar-refractivity contribution >= 4 is 61.5 Å². The molecule has 4 rings (SSSR count). The largest absolute Gasteiger partial charge is 0.337 e. The molecule has 0 saturated heterocycles. The molecule has 6 nitrogen and oxygen atoms in total. The second kappa shape index (κ2) is 8.18. The monoisotopic (exact) mass is 475 g/mol. The maximum absolute atomic E-state index is 12.8. The van der Waals surface area contributed by atoms with Gasteiger partial charge in [0.25, 0.3) is 0 Å². The fourth-order valence-electron chi connectivity index (χ4n) is 2.95. The number of thioether (sulfide) groups is 1. The number of carbonyl (C=O) groups excluding carboxylic acids is 1. The molecule has 9 heteroatoms. The molecule has 144 valence electrons. The van der Waals surface area contributed by atoms with Crippen LogP contribution in [-0.2, 0) is 11.3 Å². The Hall–Kier alpha value is -1.97. The highest BCUT2D eigenvalue weighted by Crippen LogP contribution is 2.26. The molecule has 1 amide bonds. The number of hydrogen-bond acceptors (Lipinski definition) is 6. The first-order chi connectivity index (χ1) is 13.5. The molecule has 0 N–H and O–H groups in total. The average molecular weight is 476 g/mol. The topological polar surface area (TPSA) is 63.4 Å². The Labute approximate surface area is 179 Å². The number of halogens is 1. The Morgan fingerprint density at radius 2 is 2.07 bits per heavy atom. The third-order valence-electron chi connectivity index (χ3n) is 4.29. The molecule has 0 bridgehead atoms. The van der Waals surface area contributed by atoms with Crippen LogP contribution >= 0.6 is 39.0 Å². The van der Waals surface area contributed by atoms with Crippen molar-refractivity contribution in [2.45, 2.75) is 25.5 Å². The molecule has 0 saturated carbocycles. The van der Waals surface area contributed by atoms with Crippen molar-refractivity contribution in [1.29, 1.82) is 0 Å². The van der Waals surface area contributed by atoms with Crippen molar-refractivity contribution < 1.29 is 4.79 Å². The third kappa shape index (κ3) is 3.92. The van der Waals surface area contributed by atoms with E-state index in [2.05, 4.69) is 26.0 Å². The number of fused-ring (bicyclic) bond motifs is 3. The van der Waals surface area contributed by atoms with Crippen LogP contribution in [0.25, 0.3) is 16.6 Å². The molecule has 0 spiro atoms.